The van der Waals surface area contributed by atoms with E-state index in [1.165, 1.54) is 0 Å². The predicted octanol–water partition coefficient (Wildman–Crippen LogP) is 2.90. The fraction of sp³-hybridized carbons (Fsp3) is 1.00. The first-order valence-corrected chi connectivity index (χ1v) is 4.88. The van der Waals surface area contributed by atoms with E-state index in [2.05, 4.69) is 10.0 Å². The average Bonchev–Trinajstić information content (AvgIpc) is 2.18. The minimum atomic E-state index is -1.24. The van der Waals surface area contributed by atoms with Gasteiger partial charge in [0.2, 0.25) is 6.36 Å². The fourth-order valence-electron chi connectivity index (χ4n) is 1.80. The molecule has 0 amide bonds. The van der Waals surface area contributed by atoms with Crippen LogP contribution in [0.15, 0.2) is 5.11 Å². The van der Waals surface area contributed by atoms with Crippen LogP contribution in [-0.2, 0) is 4.74 Å². The molecule has 0 aromatic carbocycles. The molecule has 0 saturated carbocycles. The van der Waals surface area contributed by atoms with Crippen molar-refractivity contribution in [3.05, 3.63) is 10.4 Å². The molecule has 0 aromatic rings. The summed E-state index contributed by atoms with van der Waals surface area (Å²) in [7, 11) is 0. The average molecular weight is 201 g/mol. The molecule has 1 fully saturated rings. The summed E-state index contributed by atoms with van der Waals surface area (Å²) in [6.45, 7) is 6.07. The number of alkyl halides is 1. The summed E-state index contributed by atoms with van der Waals surface area (Å²) in [6, 6.07) is 0. The minimum Gasteiger partial charge on any atom is -0.344 e. The van der Waals surface area contributed by atoms with Crippen LogP contribution in [0.1, 0.15) is 20.8 Å². The number of nitrogens with zero attached hydrogens (tertiary/aromatic N) is 3. The highest BCUT2D eigenvalue weighted by molar-refractivity contribution is 4.83. The largest absolute Gasteiger partial charge is 0.344 e. The van der Waals surface area contributed by atoms with E-state index in [-0.39, 0.29) is 30.4 Å². The van der Waals surface area contributed by atoms with E-state index in [9.17, 15) is 4.39 Å². The van der Waals surface area contributed by atoms with Gasteiger partial charge < -0.3 is 4.74 Å². The molecule has 0 radical (unpaired) electrons. The van der Waals surface area contributed by atoms with Gasteiger partial charge in [-0.15, -0.1) is 0 Å². The van der Waals surface area contributed by atoms with E-state index >= 15 is 0 Å². The van der Waals surface area contributed by atoms with Gasteiger partial charge in [-0.05, 0) is 17.4 Å². The quantitative estimate of drug-likeness (QED) is 0.385. The van der Waals surface area contributed by atoms with Crippen LogP contribution in [0, 0.1) is 17.8 Å². The standard InChI is InChI=1S/C9H16FN3O/c1-5-6(2)8(4-12-13-11)14-9(10)7(5)3/h5-9H,4H2,1-3H3. The van der Waals surface area contributed by atoms with Crippen LogP contribution in [-0.4, -0.2) is 19.0 Å². The van der Waals surface area contributed by atoms with Crippen LogP contribution in [0.5, 0.6) is 0 Å². The van der Waals surface area contributed by atoms with Gasteiger partial charge in [0.25, 0.3) is 0 Å². The highest BCUT2D eigenvalue weighted by Crippen LogP contribution is 2.35. The van der Waals surface area contributed by atoms with E-state index in [1.807, 2.05) is 20.8 Å². The Bertz CT molecular complexity index is 242. The van der Waals surface area contributed by atoms with Crippen molar-refractivity contribution in [1.82, 2.24) is 0 Å². The molecule has 0 bridgehead atoms. The van der Waals surface area contributed by atoms with E-state index in [4.69, 9.17) is 10.3 Å². The van der Waals surface area contributed by atoms with Crippen molar-refractivity contribution < 1.29 is 9.13 Å². The summed E-state index contributed by atoms with van der Waals surface area (Å²) in [5, 5.41) is 3.43. The maximum absolute atomic E-state index is 13.3. The van der Waals surface area contributed by atoms with Gasteiger partial charge in [0.1, 0.15) is 0 Å². The second kappa shape index (κ2) is 4.62. The van der Waals surface area contributed by atoms with Crippen molar-refractivity contribution in [3.8, 4) is 0 Å². The summed E-state index contributed by atoms with van der Waals surface area (Å²) in [6.07, 6.45) is -1.52. The van der Waals surface area contributed by atoms with Crippen LogP contribution in [0.25, 0.3) is 10.4 Å². The molecule has 5 unspecified atom stereocenters. The molecule has 0 N–H and O–H groups in total. The van der Waals surface area contributed by atoms with Crippen molar-refractivity contribution >= 4 is 0 Å². The third-order valence-electron chi connectivity index (χ3n) is 3.29. The normalized spacial score (nSPS) is 43.0. The van der Waals surface area contributed by atoms with Gasteiger partial charge in [0.15, 0.2) is 0 Å². The Kier molecular flexibility index (Phi) is 3.72. The number of ether oxygens (including phenoxy) is 1. The number of azide groups is 1. The third kappa shape index (κ3) is 2.16. The van der Waals surface area contributed by atoms with Gasteiger partial charge >= 0.3 is 0 Å². The number of hydrogen-bond acceptors (Lipinski definition) is 2. The monoisotopic (exact) mass is 201 g/mol. The molecule has 5 heteroatoms. The molecular formula is C9H16FN3O. The van der Waals surface area contributed by atoms with Gasteiger partial charge in [-0.2, -0.15) is 0 Å². The Balaban J connectivity index is 2.64. The SMILES string of the molecule is CC1C(F)OC(CN=[N+]=[N-])C(C)C1C. The van der Waals surface area contributed by atoms with Gasteiger partial charge in [-0.25, -0.2) is 4.39 Å². The van der Waals surface area contributed by atoms with Crippen molar-refractivity contribution in [1.29, 1.82) is 0 Å². The minimum absolute atomic E-state index is 0.0904. The zero-order chi connectivity index (χ0) is 10.7. The van der Waals surface area contributed by atoms with Crippen molar-refractivity contribution in [2.45, 2.75) is 33.2 Å². The molecule has 0 aromatic heterocycles. The Morgan fingerprint density at radius 3 is 2.50 bits per heavy atom. The predicted molar refractivity (Wildman–Crippen MR) is 51.3 cm³/mol. The first-order valence-electron chi connectivity index (χ1n) is 4.88. The van der Waals surface area contributed by atoms with Crippen LogP contribution >= 0.6 is 0 Å². The fourth-order valence-corrected chi connectivity index (χ4v) is 1.80. The van der Waals surface area contributed by atoms with Crippen molar-refractivity contribution in [2.24, 2.45) is 22.9 Å². The lowest BCUT2D eigenvalue weighted by molar-refractivity contribution is -0.184. The molecule has 1 rings (SSSR count). The van der Waals surface area contributed by atoms with E-state index < -0.39 is 6.36 Å². The first-order chi connectivity index (χ1) is 6.57. The number of hydrogen-bond donors (Lipinski definition) is 0. The van der Waals surface area contributed by atoms with E-state index in [0.29, 0.717) is 0 Å². The van der Waals surface area contributed by atoms with Crippen LogP contribution < -0.4 is 0 Å². The lowest BCUT2D eigenvalue weighted by atomic mass is 9.79. The highest BCUT2D eigenvalue weighted by atomic mass is 19.1. The summed E-state index contributed by atoms with van der Waals surface area (Å²) in [5.41, 5.74) is 8.18. The molecule has 80 valence electrons. The Hall–Kier alpha value is -0.800. The van der Waals surface area contributed by atoms with Gasteiger partial charge in [-0.1, -0.05) is 25.9 Å². The molecule has 14 heavy (non-hydrogen) atoms. The topological polar surface area (TPSA) is 58.0 Å². The molecule has 4 nitrogen and oxygen atoms in total. The van der Waals surface area contributed by atoms with Crippen LogP contribution in [0.4, 0.5) is 4.39 Å². The molecule has 1 aliphatic heterocycles. The Morgan fingerprint density at radius 1 is 1.29 bits per heavy atom. The summed E-state index contributed by atoms with van der Waals surface area (Å²) in [5.74, 6) is 0.382. The van der Waals surface area contributed by atoms with E-state index in [0.717, 1.165) is 0 Å². The smallest absolute Gasteiger partial charge is 0.201 e. The van der Waals surface area contributed by atoms with E-state index in [1.54, 1.807) is 0 Å². The van der Waals surface area contributed by atoms with Gasteiger partial charge in [0, 0.05) is 10.8 Å². The van der Waals surface area contributed by atoms with Crippen molar-refractivity contribution in [2.75, 3.05) is 6.54 Å². The molecule has 1 heterocycles. The second-order valence-corrected chi connectivity index (χ2v) is 4.02. The highest BCUT2D eigenvalue weighted by Gasteiger charge is 2.38. The summed E-state index contributed by atoms with van der Waals surface area (Å²) >= 11 is 0. The molecule has 0 aliphatic carbocycles. The van der Waals surface area contributed by atoms with Crippen LogP contribution in [0.2, 0.25) is 0 Å². The molecule has 5 atom stereocenters. The number of halogens is 1. The molecule has 1 aliphatic rings. The number of rotatable bonds is 2. The van der Waals surface area contributed by atoms with Crippen LogP contribution in [0.3, 0.4) is 0 Å². The maximum atomic E-state index is 13.3. The third-order valence-corrected chi connectivity index (χ3v) is 3.29. The zero-order valence-corrected chi connectivity index (χ0v) is 8.72. The summed E-state index contributed by atoms with van der Waals surface area (Å²) < 4.78 is 18.5. The Morgan fingerprint density at radius 2 is 1.93 bits per heavy atom. The van der Waals surface area contributed by atoms with Gasteiger partial charge in [0.05, 0.1) is 12.6 Å². The Labute approximate surface area is 83.1 Å². The summed E-state index contributed by atoms with van der Waals surface area (Å²) in [4.78, 5) is 2.66. The van der Waals surface area contributed by atoms with Gasteiger partial charge in [-0.3, -0.25) is 0 Å². The first kappa shape index (κ1) is 11.3. The molecular weight excluding hydrogens is 185 g/mol. The molecule has 0 spiro atoms. The lowest BCUT2D eigenvalue weighted by Gasteiger charge is -2.40. The van der Waals surface area contributed by atoms with Crippen molar-refractivity contribution in [3.63, 3.8) is 0 Å². The lowest BCUT2D eigenvalue weighted by Crippen LogP contribution is -2.44. The molecule has 1 saturated heterocycles. The zero-order valence-electron chi connectivity index (χ0n) is 8.72. The maximum Gasteiger partial charge on any atom is 0.201 e. The second-order valence-electron chi connectivity index (χ2n) is 4.02.